The molecule has 0 unspecified atom stereocenters. The number of nitrogens with zero attached hydrogens (tertiary/aromatic N) is 19. The zero-order valence-corrected chi connectivity index (χ0v) is 72.5. The number of anilines is 1. The summed E-state index contributed by atoms with van der Waals surface area (Å²) in [5.41, 5.74) is 12.9. The molecule has 0 saturated carbocycles. The van der Waals surface area contributed by atoms with Gasteiger partial charge < -0.3 is 42.2 Å². The van der Waals surface area contributed by atoms with Crippen LogP contribution >= 0.6 is 0 Å². The van der Waals surface area contributed by atoms with E-state index in [1.807, 2.05) is 74.2 Å². The molecule has 16 rings (SSSR count). The van der Waals surface area contributed by atoms with Gasteiger partial charge in [0.25, 0.3) is 0 Å². The standard InChI is InChI=1S/C24H29FN4O2.C23H28FN5O2.C23H27FN4O2.C22H27FN6O2/c1-4-5-20-13-22(19-6-7-21(25)16(2)12-19)27-29(20)15-23(30)28-10-8-18(9-11-28)24-26-14-17(3)31-24;1-4-5-19-13-21(18-6-7-20(24)15(2)12-18)27-29(19)14-22(30)28-10-8-17(9-11-28)23-26-25-16(3)31-23;1-4-19-12-21(18-5-6-20(24)15(2)11-18)26-28(19)14-22(29)27-9-7-17(8-10-27)23-25-13-16(3)30-23;1-4-5-18-13-20(17-6-7-19(23)15(2)12-17)26-29(18)14-21(30)27-8-10-28(11-9-27)22-25-24-16(3)31-22/h6-7,12-14,18H,4-5,8-11,15H2,1-3H3;6-7,12-13,17H,4-5,8-11,14H2,1-3H3;5-6,11-13,17H,4,7-10,14H2,1-3H3;6-7,12-13H,4-5,8-11,14H2,1-3H3. The van der Waals surface area contributed by atoms with Crippen molar-refractivity contribution in [3.8, 4) is 45.0 Å². The van der Waals surface area contributed by atoms with Gasteiger partial charge in [0.15, 0.2) is 11.8 Å². The summed E-state index contributed by atoms with van der Waals surface area (Å²) in [6, 6.07) is 28.4. The van der Waals surface area contributed by atoms with Crippen LogP contribution in [0.1, 0.15) is 189 Å². The molecule has 12 heterocycles. The molecule has 0 radical (unpaired) electrons. The summed E-state index contributed by atoms with van der Waals surface area (Å²) in [5, 5.41) is 34.6. The maximum absolute atomic E-state index is 13.6. The van der Waals surface area contributed by atoms with Crippen LogP contribution in [0.25, 0.3) is 45.0 Å². The highest BCUT2D eigenvalue weighted by atomic mass is 19.1. The molecule has 4 aliphatic rings. The summed E-state index contributed by atoms with van der Waals surface area (Å²) in [7, 11) is 0. The Labute approximate surface area is 714 Å². The number of likely N-dealkylation sites (tertiary alicyclic amines) is 3. The van der Waals surface area contributed by atoms with Gasteiger partial charge in [-0.05, 0) is 225 Å². The number of hydrogen-bond donors (Lipinski definition) is 0. The van der Waals surface area contributed by atoms with E-state index >= 15 is 0 Å². The fraction of sp³-hybridized carbons (Fsp3) is 0.457. The smallest absolute Gasteiger partial charge is 0.318 e. The average molecular weight is 1690 g/mol. The van der Waals surface area contributed by atoms with Gasteiger partial charge in [-0.15, -0.1) is 15.3 Å². The highest BCUT2D eigenvalue weighted by molar-refractivity contribution is 5.78. The van der Waals surface area contributed by atoms with E-state index in [2.05, 4.69) is 66.4 Å². The minimum absolute atomic E-state index is 0.0312. The van der Waals surface area contributed by atoms with Crippen molar-refractivity contribution in [3.63, 3.8) is 0 Å². The van der Waals surface area contributed by atoms with Gasteiger partial charge in [-0.1, -0.05) is 52.1 Å². The summed E-state index contributed by atoms with van der Waals surface area (Å²) in [6.07, 6.45) is 14.7. The number of aromatic nitrogens is 14. The highest BCUT2D eigenvalue weighted by Gasteiger charge is 2.33. The van der Waals surface area contributed by atoms with Crippen LogP contribution in [-0.2, 0) is 71.0 Å². The SMILES string of the molecule is CCCc1cc(-c2ccc(F)c(C)c2)nn1CC(=O)N1CCC(c2ncc(C)o2)CC1.CCCc1cc(-c2ccc(F)c(C)c2)nn1CC(=O)N1CCC(c2nnc(C)o2)CC1.CCCc1cc(-c2ccc(F)c(C)c2)nn1CC(=O)N1CCN(c2nnc(C)o2)CC1.CCc1cc(-c2ccc(F)c(C)c2)nn1CC(=O)N1CCC(c2ncc(C)o2)CC1. The molecule has 4 fully saturated rings. The van der Waals surface area contributed by atoms with E-state index < -0.39 is 0 Å². The Hall–Kier alpha value is -12.2. The van der Waals surface area contributed by atoms with Crippen molar-refractivity contribution >= 4 is 29.6 Å². The van der Waals surface area contributed by atoms with Crippen LogP contribution in [0.4, 0.5) is 23.6 Å². The highest BCUT2D eigenvalue weighted by Crippen LogP contribution is 2.34. The second-order valence-electron chi connectivity index (χ2n) is 32.4. The van der Waals surface area contributed by atoms with E-state index in [4.69, 9.17) is 22.8 Å². The van der Waals surface area contributed by atoms with Crippen molar-refractivity contribution in [2.24, 2.45) is 0 Å². The van der Waals surface area contributed by atoms with Crippen LogP contribution in [0.5, 0.6) is 0 Å². The molecule has 31 heteroatoms. The van der Waals surface area contributed by atoms with Gasteiger partial charge >= 0.3 is 6.01 Å². The summed E-state index contributed by atoms with van der Waals surface area (Å²) < 4.78 is 84.1. The first kappa shape index (κ1) is 88.6. The minimum Gasteiger partial charge on any atom is -0.446 e. The largest absolute Gasteiger partial charge is 0.446 e. The number of carbonyl (C=O) groups excluding carboxylic acids is 4. The van der Waals surface area contributed by atoms with Gasteiger partial charge in [-0.3, -0.25) is 37.9 Å². The molecule has 12 aromatic rings. The molecule has 4 aromatic carbocycles. The maximum atomic E-state index is 13.6. The summed E-state index contributed by atoms with van der Waals surface area (Å²) >= 11 is 0. The molecule has 27 nitrogen and oxygen atoms in total. The number of oxazole rings is 2. The Morgan fingerprint density at radius 1 is 0.350 bits per heavy atom. The lowest BCUT2D eigenvalue weighted by molar-refractivity contribution is -0.134. The third-order valence-electron chi connectivity index (χ3n) is 23.1. The number of rotatable bonds is 23. The number of benzene rings is 4. The average Bonchev–Trinajstić information content (AvgIpc) is 1.67. The van der Waals surface area contributed by atoms with Crippen molar-refractivity contribution in [2.45, 2.75) is 210 Å². The Kier molecular flexibility index (Phi) is 29.3. The van der Waals surface area contributed by atoms with Gasteiger partial charge in [0, 0.05) is 142 Å². The summed E-state index contributed by atoms with van der Waals surface area (Å²) in [5.74, 6) is 5.02. The number of amides is 4. The van der Waals surface area contributed by atoms with Crippen LogP contribution in [-0.4, -0.2) is 178 Å². The van der Waals surface area contributed by atoms with Crippen LogP contribution in [0.15, 0.2) is 127 Å². The number of aryl methyl sites for hydroxylation is 12. The van der Waals surface area contributed by atoms with Crippen molar-refractivity contribution < 1.29 is 54.4 Å². The maximum Gasteiger partial charge on any atom is 0.318 e. The van der Waals surface area contributed by atoms with E-state index in [9.17, 15) is 36.7 Å². The van der Waals surface area contributed by atoms with Crippen LogP contribution in [0.2, 0.25) is 0 Å². The number of halogens is 4. The number of hydrogen-bond acceptors (Lipinski definition) is 19. The molecule has 650 valence electrons. The quantitative estimate of drug-likeness (QED) is 0.0538. The Bertz CT molecular complexity index is 5200. The zero-order chi connectivity index (χ0) is 87.1. The molecule has 8 aromatic heterocycles. The van der Waals surface area contributed by atoms with Gasteiger partial charge in [0.05, 0.1) is 35.2 Å². The lowest BCUT2D eigenvalue weighted by atomic mass is 9.97. The molecule has 4 aliphatic heterocycles. The van der Waals surface area contributed by atoms with Crippen LogP contribution in [0, 0.1) is 78.7 Å². The monoisotopic (exact) mass is 1690 g/mol. The Morgan fingerprint density at radius 2 is 0.650 bits per heavy atom. The van der Waals surface area contributed by atoms with E-state index in [0.717, 1.165) is 175 Å². The van der Waals surface area contributed by atoms with Gasteiger partial charge in [0.2, 0.25) is 41.3 Å². The fourth-order valence-corrected chi connectivity index (χ4v) is 16.0. The zero-order valence-electron chi connectivity index (χ0n) is 72.5. The summed E-state index contributed by atoms with van der Waals surface area (Å²) in [6.45, 7) is 30.1. The van der Waals surface area contributed by atoms with Gasteiger partial charge in [0.1, 0.15) is 61.0 Å². The van der Waals surface area contributed by atoms with E-state index in [1.165, 1.54) is 24.3 Å². The first-order chi connectivity index (χ1) is 59.3. The normalized spacial score (nSPS) is 14.8. The Morgan fingerprint density at radius 3 is 0.927 bits per heavy atom. The predicted molar refractivity (Wildman–Crippen MR) is 456 cm³/mol. The Balaban J connectivity index is 0.000000141. The molecular weight excluding hydrogens is 1580 g/mol. The van der Waals surface area contributed by atoms with Crippen molar-refractivity contribution in [1.82, 2.24) is 89.1 Å². The van der Waals surface area contributed by atoms with E-state index in [-0.39, 0.29) is 90.8 Å². The third kappa shape index (κ3) is 22.4. The lowest BCUT2D eigenvalue weighted by Gasteiger charge is -2.33. The van der Waals surface area contributed by atoms with Crippen LogP contribution in [0.3, 0.4) is 0 Å². The molecule has 0 bridgehead atoms. The topological polar surface area (TPSA) is 286 Å². The van der Waals surface area contributed by atoms with Crippen molar-refractivity contribution in [3.05, 3.63) is 219 Å². The fourth-order valence-electron chi connectivity index (χ4n) is 16.0. The predicted octanol–water partition coefficient (Wildman–Crippen LogP) is 16.0. The molecule has 0 spiro atoms. The molecule has 0 N–H and O–H groups in total. The number of piperidine rings is 3. The van der Waals surface area contributed by atoms with Crippen molar-refractivity contribution in [2.75, 3.05) is 70.3 Å². The van der Waals surface area contributed by atoms with Gasteiger partial charge in [-0.25, -0.2) is 27.5 Å². The second kappa shape index (κ2) is 40.7. The summed E-state index contributed by atoms with van der Waals surface area (Å²) in [4.78, 5) is 70.1. The third-order valence-corrected chi connectivity index (χ3v) is 23.1. The first-order valence-electron chi connectivity index (χ1n) is 42.9. The minimum atomic E-state index is -0.234. The number of carbonyl (C=O) groups is 4. The molecule has 0 atom stereocenters. The lowest BCUT2D eigenvalue weighted by Crippen LogP contribution is -2.49. The number of piperazine rings is 1. The molecule has 4 amide bonds. The van der Waals surface area contributed by atoms with Gasteiger partial charge in [-0.2, -0.15) is 20.4 Å². The molecule has 123 heavy (non-hydrogen) atoms. The van der Waals surface area contributed by atoms with Crippen LogP contribution < -0.4 is 4.90 Å². The van der Waals surface area contributed by atoms with Crippen molar-refractivity contribution in [1.29, 1.82) is 0 Å². The van der Waals surface area contributed by atoms with E-state index in [0.29, 0.717) is 111 Å². The molecule has 0 aliphatic carbocycles. The molecule has 4 saturated heterocycles. The molecular formula is C92H111F4N19O8. The van der Waals surface area contributed by atoms with E-state index in [1.54, 1.807) is 117 Å². The first-order valence-corrected chi connectivity index (χ1v) is 42.9. The second-order valence-corrected chi connectivity index (χ2v) is 32.4.